The van der Waals surface area contributed by atoms with Gasteiger partial charge in [-0.1, -0.05) is 0 Å². The molecule has 0 bridgehead atoms. The van der Waals surface area contributed by atoms with Crippen molar-refractivity contribution in [2.24, 2.45) is 5.92 Å². The van der Waals surface area contributed by atoms with Gasteiger partial charge in [0.1, 0.15) is 5.75 Å². The molecular weight excluding hydrogens is 336 g/mol. The molecule has 26 heavy (non-hydrogen) atoms. The Morgan fingerprint density at radius 2 is 1.77 bits per heavy atom. The molecule has 2 amide bonds. The Morgan fingerprint density at radius 1 is 1.12 bits per heavy atom. The molecule has 0 aromatic heterocycles. The number of rotatable bonds is 5. The summed E-state index contributed by atoms with van der Waals surface area (Å²) >= 11 is 0. The standard InChI is InChI=1S/C19H18N2O5/c1-26-16-8-6-15(7-9-16)21-11-13(10-17(21)22)18(23)20-14-4-2-12(3-5-14)19(24)25/h2-9,13H,10-11H2,1H3,(H,20,23)(H,24,25)/t13-/m1/s1. The van der Waals surface area contributed by atoms with Crippen molar-refractivity contribution in [1.29, 1.82) is 0 Å². The molecule has 0 radical (unpaired) electrons. The number of benzene rings is 2. The average Bonchev–Trinajstić information content (AvgIpc) is 3.04. The fourth-order valence-corrected chi connectivity index (χ4v) is 2.84. The number of aromatic carboxylic acids is 1. The number of carbonyl (C=O) groups is 3. The van der Waals surface area contributed by atoms with Gasteiger partial charge in [0.25, 0.3) is 0 Å². The second kappa shape index (κ2) is 7.26. The van der Waals surface area contributed by atoms with Crippen molar-refractivity contribution >= 4 is 29.2 Å². The third-order valence-electron chi connectivity index (χ3n) is 4.28. The zero-order chi connectivity index (χ0) is 18.7. The quantitative estimate of drug-likeness (QED) is 0.859. The number of nitrogens with zero attached hydrogens (tertiary/aromatic N) is 1. The van der Waals surface area contributed by atoms with Gasteiger partial charge in [-0.3, -0.25) is 9.59 Å². The van der Waals surface area contributed by atoms with Crippen molar-refractivity contribution in [2.75, 3.05) is 23.9 Å². The molecule has 0 saturated carbocycles. The minimum Gasteiger partial charge on any atom is -0.497 e. The van der Waals surface area contributed by atoms with Crippen molar-refractivity contribution in [3.8, 4) is 5.75 Å². The first-order valence-corrected chi connectivity index (χ1v) is 8.06. The molecule has 1 saturated heterocycles. The third-order valence-corrected chi connectivity index (χ3v) is 4.28. The number of nitrogens with one attached hydrogen (secondary N) is 1. The lowest BCUT2D eigenvalue weighted by atomic mass is 10.1. The van der Waals surface area contributed by atoms with Crippen LogP contribution in [0.1, 0.15) is 16.8 Å². The molecule has 1 heterocycles. The van der Waals surface area contributed by atoms with Crippen LogP contribution >= 0.6 is 0 Å². The topological polar surface area (TPSA) is 95.9 Å². The van der Waals surface area contributed by atoms with Crippen LogP contribution in [0, 0.1) is 5.92 Å². The van der Waals surface area contributed by atoms with Gasteiger partial charge >= 0.3 is 5.97 Å². The average molecular weight is 354 g/mol. The van der Waals surface area contributed by atoms with Gasteiger partial charge in [0.05, 0.1) is 18.6 Å². The third kappa shape index (κ3) is 3.66. The number of ether oxygens (including phenoxy) is 1. The Kier molecular flexibility index (Phi) is 4.88. The van der Waals surface area contributed by atoms with Gasteiger partial charge < -0.3 is 20.1 Å². The molecular formula is C19H18N2O5. The number of anilines is 2. The number of hydrogen-bond donors (Lipinski definition) is 2. The fraction of sp³-hybridized carbons (Fsp3) is 0.211. The summed E-state index contributed by atoms with van der Waals surface area (Å²) in [5, 5.41) is 11.6. The molecule has 7 heteroatoms. The molecule has 134 valence electrons. The number of carbonyl (C=O) groups excluding carboxylic acids is 2. The van der Waals surface area contributed by atoms with Crippen LogP contribution in [-0.4, -0.2) is 36.5 Å². The summed E-state index contributed by atoms with van der Waals surface area (Å²) in [6.45, 7) is 0.296. The Bertz CT molecular complexity index is 830. The lowest BCUT2D eigenvalue weighted by Gasteiger charge is -2.17. The van der Waals surface area contributed by atoms with E-state index in [9.17, 15) is 14.4 Å². The lowest BCUT2D eigenvalue weighted by Crippen LogP contribution is -2.28. The molecule has 2 aromatic rings. The number of carboxylic acids is 1. The van der Waals surface area contributed by atoms with Crippen molar-refractivity contribution in [3.63, 3.8) is 0 Å². The summed E-state index contributed by atoms with van der Waals surface area (Å²) in [4.78, 5) is 37.1. The van der Waals surface area contributed by atoms with Crippen LogP contribution in [-0.2, 0) is 9.59 Å². The van der Waals surface area contributed by atoms with Gasteiger partial charge in [-0.2, -0.15) is 0 Å². The number of methoxy groups -OCH3 is 1. The van der Waals surface area contributed by atoms with E-state index in [1.54, 1.807) is 36.3 Å². The Labute approximate surface area is 150 Å². The second-order valence-electron chi connectivity index (χ2n) is 5.98. The lowest BCUT2D eigenvalue weighted by molar-refractivity contribution is -0.122. The predicted molar refractivity (Wildman–Crippen MR) is 95.5 cm³/mol. The van der Waals surface area contributed by atoms with E-state index < -0.39 is 11.9 Å². The first-order chi connectivity index (χ1) is 12.5. The minimum absolute atomic E-state index is 0.114. The summed E-state index contributed by atoms with van der Waals surface area (Å²) in [5.74, 6) is -1.18. The van der Waals surface area contributed by atoms with Crippen LogP contribution in [0.15, 0.2) is 48.5 Å². The van der Waals surface area contributed by atoms with E-state index in [4.69, 9.17) is 9.84 Å². The van der Waals surface area contributed by atoms with E-state index in [0.29, 0.717) is 18.0 Å². The largest absolute Gasteiger partial charge is 0.497 e. The zero-order valence-corrected chi connectivity index (χ0v) is 14.1. The molecule has 0 unspecified atom stereocenters. The summed E-state index contributed by atoms with van der Waals surface area (Å²) in [5.41, 5.74) is 1.36. The maximum absolute atomic E-state index is 12.4. The van der Waals surface area contributed by atoms with Crippen molar-refractivity contribution in [2.45, 2.75) is 6.42 Å². The Hall–Kier alpha value is -3.35. The SMILES string of the molecule is COc1ccc(N2C[C@H](C(=O)Nc3ccc(C(=O)O)cc3)CC2=O)cc1. The first kappa shape index (κ1) is 17.5. The maximum atomic E-state index is 12.4. The fourth-order valence-electron chi connectivity index (χ4n) is 2.84. The van der Waals surface area contributed by atoms with Gasteiger partial charge in [-0.05, 0) is 48.5 Å². The Balaban J connectivity index is 1.65. The summed E-state index contributed by atoms with van der Waals surface area (Å²) in [6, 6.07) is 13.0. The van der Waals surface area contributed by atoms with Crippen LogP contribution in [0.4, 0.5) is 11.4 Å². The molecule has 7 nitrogen and oxygen atoms in total. The van der Waals surface area contributed by atoms with Gasteiger partial charge in [0.15, 0.2) is 0 Å². The van der Waals surface area contributed by atoms with Gasteiger partial charge in [-0.25, -0.2) is 4.79 Å². The van der Waals surface area contributed by atoms with E-state index in [1.807, 2.05) is 0 Å². The van der Waals surface area contributed by atoms with Crippen LogP contribution < -0.4 is 15.0 Å². The zero-order valence-electron chi connectivity index (χ0n) is 14.1. The van der Waals surface area contributed by atoms with Crippen molar-refractivity contribution in [1.82, 2.24) is 0 Å². The molecule has 0 aliphatic carbocycles. The summed E-state index contributed by atoms with van der Waals surface area (Å²) in [6.07, 6.45) is 0.130. The number of carboxylic acid groups (broad SMARTS) is 1. The molecule has 1 fully saturated rings. The molecule has 1 aliphatic rings. The second-order valence-corrected chi connectivity index (χ2v) is 5.98. The number of hydrogen-bond acceptors (Lipinski definition) is 4. The van der Waals surface area contributed by atoms with Crippen molar-refractivity contribution in [3.05, 3.63) is 54.1 Å². The van der Waals surface area contributed by atoms with Gasteiger partial charge in [-0.15, -0.1) is 0 Å². The highest BCUT2D eigenvalue weighted by atomic mass is 16.5. The van der Waals surface area contributed by atoms with Crippen molar-refractivity contribution < 1.29 is 24.2 Å². The van der Waals surface area contributed by atoms with Crippen LogP contribution in [0.2, 0.25) is 0 Å². The van der Waals surface area contributed by atoms with E-state index >= 15 is 0 Å². The van der Waals surface area contributed by atoms with Crippen LogP contribution in [0.3, 0.4) is 0 Å². The van der Waals surface area contributed by atoms with Gasteiger partial charge in [0, 0.05) is 24.3 Å². The normalized spacial score (nSPS) is 16.4. The highest BCUT2D eigenvalue weighted by molar-refractivity contribution is 6.03. The van der Waals surface area contributed by atoms with E-state index in [1.165, 1.54) is 24.3 Å². The molecule has 0 spiro atoms. The van der Waals surface area contributed by atoms with Gasteiger partial charge in [0.2, 0.25) is 11.8 Å². The molecule has 1 aliphatic heterocycles. The molecule has 2 aromatic carbocycles. The van der Waals surface area contributed by atoms with Crippen LogP contribution in [0.25, 0.3) is 0 Å². The smallest absolute Gasteiger partial charge is 0.335 e. The monoisotopic (exact) mass is 354 g/mol. The predicted octanol–water partition coefficient (Wildman–Crippen LogP) is 2.39. The molecule has 3 rings (SSSR count). The van der Waals surface area contributed by atoms with E-state index in [2.05, 4.69) is 5.32 Å². The highest BCUT2D eigenvalue weighted by Crippen LogP contribution is 2.27. The van der Waals surface area contributed by atoms with E-state index in [0.717, 1.165) is 5.69 Å². The highest BCUT2D eigenvalue weighted by Gasteiger charge is 2.35. The maximum Gasteiger partial charge on any atom is 0.335 e. The first-order valence-electron chi connectivity index (χ1n) is 8.06. The molecule has 1 atom stereocenters. The molecule has 2 N–H and O–H groups in total. The van der Waals surface area contributed by atoms with Crippen LogP contribution in [0.5, 0.6) is 5.75 Å². The van der Waals surface area contributed by atoms with E-state index in [-0.39, 0.29) is 23.8 Å². The Morgan fingerprint density at radius 3 is 2.35 bits per heavy atom. The summed E-state index contributed by atoms with van der Waals surface area (Å²) in [7, 11) is 1.57. The minimum atomic E-state index is -1.03. The number of amides is 2. The summed E-state index contributed by atoms with van der Waals surface area (Å²) < 4.78 is 5.10.